The average molecular weight is 350 g/mol. The molecule has 118 valence electrons. The van der Waals surface area contributed by atoms with Crippen LogP contribution in [0.15, 0.2) is 42.7 Å². The summed E-state index contributed by atoms with van der Waals surface area (Å²) in [6.07, 6.45) is -2.55. The molecule has 1 heterocycles. The quantitative estimate of drug-likeness (QED) is 0.850. The van der Waals surface area contributed by atoms with E-state index in [1.165, 1.54) is 43.5 Å². The highest BCUT2D eigenvalue weighted by Gasteiger charge is 2.58. The standard InChI is InChI=1S/C15H12Cl2F3NO/c1-9(10-4-5-12(16)13(17)7-10)14(22,15(18,19)20)11-3-2-6-21-8-11/h2-9,22H,1H3. The van der Waals surface area contributed by atoms with Crippen molar-refractivity contribution < 1.29 is 18.3 Å². The van der Waals surface area contributed by atoms with Gasteiger partial charge in [0.05, 0.1) is 10.0 Å². The Bertz CT molecular complexity index is 664. The second-order valence-electron chi connectivity index (χ2n) is 4.90. The first-order valence-corrected chi connectivity index (χ1v) is 7.08. The molecule has 0 fully saturated rings. The van der Waals surface area contributed by atoms with E-state index in [1.54, 1.807) is 0 Å². The number of rotatable bonds is 3. The van der Waals surface area contributed by atoms with Gasteiger partial charge >= 0.3 is 6.18 Å². The highest BCUT2D eigenvalue weighted by atomic mass is 35.5. The summed E-state index contributed by atoms with van der Waals surface area (Å²) in [7, 11) is 0. The molecule has 1 N–H and O–H groups in total. The van der Waals surface area contributed by atoms with Crippen molar-refractivity contribution in [3.05, 3.63) is 63.9 Å². The molecule has 0 aliphatic heterocycles. The Labute approximate surface area is 135 Å². The second kappa shape index (κ2) is 6.07. The number of aliphatic hydroxyl groups is 1. The molecule has 2 nitrogen and oxygen atoms in total. The Kier molecular flexibility index (Phi) is 4.70. The molecule has 0 amide bonds. The van der Waals surface area contributed by atoms with Crippen molar-refractivity contribution in [3.8, 4) is 0 Å². The van der Waals surface area contributed by atoms with Crippen LogP contribution in [0.5, 0.6) is 0 Å². The summed E-state index contributed by atoms with van der Waals surface area (Å²) in [6.45, 7) is 1.28. The van der Waals surface area contributed by atoms with Crippen LogP contribution >= 0.6 is 23.2 Å². The van der Waals surface area contributed by atoms with Crippen LogP contribution in [0.1, 0.15) is 24.0 Å². The molecule has 0 aliphatic rings. The normalized spacial score (nSPS) is 16.1. The zero-order chi connectivity index (χ0) is 16.5. The SMILES string of the molecule is CC(c1ccc(Cl)c(Cl)c1)C(O)(c1cccnc1)C(F)(F)F. The van der Waals surface area contributed by atoms with Crippen LogP contribution in [-0.4, -0.2) is 16.3 Å². The number of nitrogens with zero attached hydrogens (tertiary/aromatic N) is 1. The predicted molar refractivity (Wildman–Crippen MR) is 79.1 cm³/mol. The zero-order valence-corrected chi connectivity index (χ0v) is 12.9. The Morgan fingerprint density at radius 3 is 2.32 bits per heavy atom. The van der Waals surface area contributed by atoms with E-state index in [0.717, 1.165) is 6.20 Å². The second-order valence-corrected chi connectivity index (χ2v) is 5.72. The molecule has 0 spiro atoms. The molecule has 2 rings (SSSR count). The Balaban J connectivity index is 2.57. The number of halogens is 5. The van der Waals surface area contributed by atoms with Crippen LogP contribution in [-0.2, 0) is 5.60 Å². The summed E-state index contributed by atoms with van der Waals surface area (Å²) in [6, 6.07) is 6.66. The van der Waals surface area contributed by atoms with Crippen LogP contribution in [0.4, 0.5) is 13.2 Å². The van der Waals surface area contributed by atoms with Crippen molar-refractivity contribution in [3.63, 3.8) is 0 Å². The van der Waals surface area contributed by atoms with Gasteiger partial charge in [-0.15, -0.1) is 0 Å². The maximum absolute atomic E-state index is 13.6. The van der Waals surface area contributed by atoms with Crippen molar-refractivity contribution in [2.45, 2.75) is 24.6 Å². The number of aromatic nitrogens is 1. The van der Waals surface area contributed by atoms with Gasteiger partial charge in [0.25, 0.3) is 0 Å². The monoisotopic (exact) mass is 349 g/mol. The van der Waals surface area contributed by atoms with Crippen LogP contribution in [0.3, 0.4) is 0 Å². The fraction of sp³-hybridized carbons (Fsp3) is 0.267. The lowest BCUT2D eigenvalue weighted by molar-refractivity contribution is -0.274. The molecule has 7 heteroatoms. The van der Waals surface area contributed by atoms with Crippen LogP contribution in [0.25, 0.3) is 0 Å². The fourth-order valence-corrected chi connectivity index (χ4v) is 2.58. The molecule has 0 radical (unpaired) electrons. The number of alkyl halides is 3. The van der Waals surface area contributed by atoms with E-state index >= 15 is 0 Å². The number of hydrogen-bond donors (Lipinski definition) is 1. The van der Waals surface area contributed by atoms with Gasteiger partial charge in [0.15, 0.2) is 5.60 Å². The maximum Gasteiger partial charge on any atom is 0.422 e. The van der Waals surface area contributed by atoms with Gasteiger partial charge < -0.3 is 5.11 Å². The Morgan fingerprint density at radius 1 is 1.14 bits per heavy atom. The van der Waals surface area contributed by atoms with E-state index in [9.17, 15) is 18.3 Å². The highest BCUT2D eigenvalue weighted by molar-refractivity contribution is 6.42. The summed E-state index contributed by atoms with van der Waals surface area (Å²) < 4.78 is 40.7. The van der Waals surface area contributed by atoms with E-state index in [-0.39, 0.29) is 21.2 Å². The van der Waals surface area contributed by atoms with Gasteiger partial charge in [0, 0.05) is 23.9 Å². The molecule has 0 saturated carbocycles. The number of benzene rings is 1. The highest BCUT2D eigenvalue weighted by Crippen LogP contribution is 2.48. The lowest BCUT2D eigenvalue weighted by atomic mass is 9.78. The van der Waals surface area contributed by atoms with E-state index in [4.69, 9.17) is 23.2 Å². The molecule has 0 aliphatic carbocycles. The predicted octanol–water partition coefficient (Wildman–Crippen LogP) is 4.94. The summed E-state index contributed by atoms with van der Waals surface area (Å²) in [4.78, 5) is 3.66. The average Bonchev–Trinajstić information content (AvgIpc) is 2.48. The van der Waals surface area contributed by atoms with Crippen LogP contribution in [0.2, 0.25) is 10.0 Å². The van der Waals surface area contributed by atoms with E-state index in [1.807, 2.05) is 0 Å². The first-order chi connectivity index (χ1) is 10.2. The van der Waals surface area contributed by atoms with E-state index in [0.29, 0.717) is 0 Å². The smallest absolute Gasteiger partial charge is 0.376 e. The van der Waals surface area contributed by atoms with Crippen molar-refractivity contribution in [2.24, 2.45) is 0 Å². The Morgan fingerprint density at radius 2 is 1.82 bits per heavy atom. The molecule has 1 aromatic carbocycles. The molecular formula is C15H12Cl2F3NO. The molecule has 2 aromatic rings. The van der Waals surface area contributed by atoms with Gasteiger partial charge in [-0.3, -0.25) is 4.98 Å². The minimum absolute atomic E-state index is 0.127. The molecule has 2 atom stereocenters. The van der Waals surface area contributed by atoms with Gasteiger partial charge in [-0.1, -0.05) is 42.3 Å². The summed E-state index contributed by atoms with van der Waals surface area (Å²) in [5, 5.41) is 10.8. The van der Waals surface area contributed by atoms with Crippen LogP contribution in [0, 0.1) is 0 Å². The first-order valence-electron chi connectivity index (χ1n) is 6.32. The van der Waals surface area contributed by atoms with E-state index < -0.39 is 17.7 Å². The largest absolute Gasteiger partial charge is 0.422 e. The minimum Gasteiger partial charge on any atom is -0.376 e. The lowest BCUT2D eigenvalue weighted by Crippen LogP contribution is -2.46. The van der Waals surface area contributed by atoms with Crippen molar-refractivity contribution in [2.75, 3.05) is 0 Å². The molecule has 1 aromatic heterocycles. The Hall–Kier alpha value is -1.30. The summed E-state index contributed by atoms with van der Waals surface area (Å²) >= 11 is 11.6. The molecule has 0 saturated heterocycles. The third-order valence-corrected chi connectivity index (χ3v) is 4.34. The maximum atomic E-state index is 13.6. The van der Waals surface area contributed by atoms with Gasteiger partial charge in [-0.25, -0.2) is 0 Å². The minimum atomic E-state index is -4.89. The van der Waals surface area contributed by atoms with Gasteiger partial charge in [-0.05, 0) is 23.8 Å². The zero-order valence-electron chi connectivity index (χ0n) is 11.4. The fourth-order valence-electron chi connectivity index (χ4n) is 2.27. The topological polar surface area (TPSA) is 33.1 Å². The molecule has 22 heavy (non-hydrogen) atoms. The van der Waals surface area contributed by atoms with E-state index in [2.05, 4.69) is 4.98 Å². The van der Waals surface area contributed by atoms with Crippen LogP contribution < -0.4 is 0 Å². The van der Waals surface area contributed by atoms with Crippen molar-refractivity contribution in [1.29, 1.82) is 0 Å². The lowest BCUT2D eigenvalue weighted by Gasteiger charge is -2.36. The number of pyridine rings is 1. The number of hydrogen-bond acceptors (Lipinski definition) is 2. The van der Waals surface area contributed by atoms with Crippen molar-refractivity contribution in [1.82, 2.24) is 4.98 Å². The third kappa shape index (κ3) is 2.93. The van der Waals surface area contributed by atoms with Gasteiger partial charge in [0.1, 0.15) is 0 Å². The molecule has 0 bridgehead atoms. The third-order valence-electron chi connectivity index (χ3n) is 3.60. The summed E-state index contributed by atoms with van der Waals surface area (Å²) in [5.41, 5.74) is -3.20. The first kappa shape index (κ1) is 17.1. The van der Waals surface area contributed by atoms with Gasteiger partial charge in [0.2, 0.25) is 0 Å². The van der Waals surface area contributed by atoms with Gasteiger partial charge in [-0.2, -0.15) is 13.2 Å². The summed E-state index contributed by atoms with van der Waals surface area (Å²) in [5.74, 6) is -1.30. The molecular weight excluding hydrogens is 338 g/mol. The van der Waals surface area contributed by atoms with Crippen molar-refractivity contribution >= 4 is 23.2 Å². The molecule has 2 unspecified atom stereocenters.